The Labute approximate surface area is 104 Å². The highest BCUT2D eigenvalue weighted by molar-refractivity contribution is 5.39. The highest BCUT2D eigenvalue weighted by Gasteiger charge is 2.18. The van der Waals surface area contributed by atoms with E-state index in [1.807, 2.05) is 0 Å². The molecule has 0 amide bonds. The van der Waals surface area contributed by atoms with Crippen LogP contribution in [0.3, 0.4) is 0 Å². The summed E-state index contributed by atoms with van der Waals surface area (Å²) in [5.41, 5.74) is 8.30. The van der Waals surface area contributed by atoms with Gasteiger partial charge in [0.25, 0.3) is 0 Å². The Morgan fingerprint density at radius 3 is 2.65 bits per heavy atom. The summed E-state index contributed by atoms with van der Waals surface area (Å²) in [5.74, 6) is 1.04. The topological polar surface area (TPSA) is 38.5 Å². The minimum Gasteiger partial charge on any atom is -0.492 e. The zero-order valence-electron chi connectivity index (χ0n) is 10.8. The molecule has 3 nitrogen and oxygen atoms in total. The lowest BCUT2D eigenvalue weighted by Gasteiger charge is -2.17. The van der Waals surface area contributed by atoms with Gasteiger partial charge in [-0.05, 0) is 37.9 Å². The molecule has 2 N–H and O–H groups in total. The molecule has 1 aromatic rings. The Morgan fingerprint density at radius 2 is 2.06 bits per heavy atom. The Hall–Kier alpha value is -1.06. The third-order valence-corrected chi connectivity index (χ3v) is 3.37. The summed E-state index contributed by atoms with van der Waals surface area (Å²) in [6.07, 6.45) is 1.11. The number of nitrogens with two attached hydrogens (primary N) is 1. The minimum atomic E-state index is 0.357. The first kappa shape index (κ1) is 12.4. The number of hydrogen-bond donors (Lipinski definition) is 1. The second kappa shape index (κ2) is 5.52. The van der Waals surface area contributed by atoms with Crippen molar-refractivity contribution >= 4 is 0 Å². The monoisotopic (exact) mass is 234 g/mol. The first-order valence-corrected chi connectivity index (χ1v) is 6.34. The number of hydrogen-bond acceptors (Lipinski definition) is 3. The molecule has 1 aromatic carbocycles. The molecule has 0 radical (unpaired) electrons. The lowest BCUT2D eigenvalue weighted by molar-refractivity contribution is 0.234. The molecule has 0 unspecified atom stereocenters. The van der Waals surface area contributed by atoms with Crippen LogP contribution in [-0.4, -0.2) is 37.2 Å². The van der Waals surface area contributed by atoms with E-state index in [0.717, 1.165) is 38.4 Å². The highest BCUT2D eigenvalue weighted by Crippen LogP contribution is 2.22. The van der Waals surface area contributed by atoms with Crippen LogP contribution in [-0.2, 0) is 0 Å². The molecular weight excluding hydrogens is 212 g/mol. The van der Waals surface area contributed by atoms with Gasteiger partial charge in [0.2, 0.25) is 0 Å². The predicted molar refractivity (Wildman–Crippen MR) is 70.4 cm³/mol. The van der Waals surface area contributed by atoms with Crippen LogP contribution in [0.15, 0.2) is 18.2 Å². The number of rotatable bonds is 4. The van der Waals surface area contributed by atoms with Crippen molar-refractivity contribution in [2.24, 2.45) is 5.73 Å². The maximum atomic E-state index is 5.88. The SMILES string of the molecule is Cc1cccc(C)c1OCCN1CC[C@@H](N)C1. The summed E-state index contributed by atoms with van der Waals surface area (Å²) in [4.78, 5) is 2.37. The van der Waals surface area contributed by atoms with Gasteiger partial charge >= 0.3 is 0 Å². The van der Waals surface area contributed by atoms with Crippen LogP contribution >= 0.6 is 0 Å². The first-order valence-electron chi connectivity index (χ1n) is 6.34. The molecular formula is C14H22N2O. The second-order valence-electron chi connectivity index (χ2n) is 4.92. The zero-order chi connectivity index (χ0) is 12.3. The van der Waals surface area contributed by atoms with Crippen molar-refractivity contribution in [1.29, 1.82) is 0 Å². The fourth-order valence-corrected chi connectivity index (χ4v) is 2.37. The first-order chi connectivity index (χ1) is 8.16. The van der Waals surface area contributed by atoms with E-state index in [1.54, 1.807) is 0 Å². The van der Waals surface area contributed by atoms with E-state index < -0.39 is 0 Å². The molecule has 0 aliphatic carbocycles. The summed E-state index contributed by atoms with van der Waals surface area (Å²) in [5, 5.41) is 0. The number of likely N-dealkylation sites (tertiary alicyclic amines) is 1. The largest absolute Gasteiger partial charge is 0.492 e. The summed E-state index contributed by atoms with van der Waals surface area (Å²) in [7, 11) is 0. The molecule has 0 spiro atoms. The molecule has 1 heterocycles. The summed E-state index contributed by atoms with van der Waals surface area (Å²) in [6.45, 7) is 8.02. The van der Waals surface area contributed by atoms with Gasteiger partial charge in [0.1, 0.15) is 12.4 Å². The lowest BCUT2D eigenvalue weighted by Crippen LogP contribution is -2.29. The molecule has 1 fully saturated rings. The van der Waals surface area contributed by atoms with Gasteiger partial charge in [-0.1, -0.05) is 18.2 Å². The van der Waals surface area contributed by atoms with E-state index in [2.05, 4.69) is 36.9 Å². The Balaban J connectivity index is 1.82. The van der Waals surface area contributed by atoms with Crippen LogP contribution in [0, 0.1) is 13.8 Å². The van der Waals surface area contributed by atoms with Crippen LogP contribution < -0.4 is 10.5 Å². The van der Waals surface area contributed by atoms with Crippen LogP contribution in [0.5, 0.6) is 5.75 Å². The maximum absolute atomic E-state index is 5.88. The van der Waals surface area contributed by atoms with Crippen molar-refractivity contribution in [3.8, 4) is 5.75 Å². The van der Waals surface area contributed by atoms with Crippen LogP contribution in [0.4, 0.5) is 0 Å². The van der Waals surface area contributed by atoms with E-state index in [0.29, 0.717) is 6.04 Å². The molecule has 2 rings (SSSR count). The number of benzene rings is 1. The average molecular weight is 234 g/mol. The lowest BCUT2D eigenvalue weighted by atomic mass is 10.1. The van der Waals surface area contributed by atoms with Crippen molar-refractivity contribution in [2.45, 2.75) is 26.3 Å². The van der Waals surface area contributed by atoms with Gasteiger partial charge in [-0.25, -0.2) is 0 Å². The number of nitrogens with zero attached hydrogens (tertiary/aromatic N) is 1. The van der Waals surface area contributed by atoms with E-state index in [4.69, 9.17) is 10.5 Å². The molecule has 1 aliphatic heterocycles. The molecule has 0 saturated carbocycles. The van der Waals surface area contributed by atoms with Crippen molar-refractivity contribution in [2.75, 3.05) is 26.2 Å². The normalized spacial score (nSPS) is 20.8. The van der Waals surface area contributed by atoms with E-state index >= 15 is 0 Å². The predicted octanol–water partition coefficient (Wildman–Crippen LogP) is 1.72. The third kappa shape index (κ3) is 3.20. The van der Waals surface area contributed by atoms with Crippen LogP contribution in [0.25, 0.3) is 0 Å². The van der Waals surface area contributed by atoms with Gasteiger partial charge in [-0.15, -0.1) is 0 Å². The molecule has 1 aliphatic rings. The molecule has 1 atom stereocenters. The molecule has 0 bridgehead atoms. The fourth-order valence-electron chi connectivity index (χ4n) is 2.37. The van der Waals surface area contributed by atoms with Gasteiger partial charge in [0.05, 0.1) is 0 Å². The quantitative estimate of drug-likeness (QED) is 0.862. The van der Waals surface area contributed by atoms with Gasteiger partial charge in [0, 0.05) is 19.1 Å². The minimum absolute atomic E-state index is 0.357. The van der Waals surface area contributed by atoms with Crippen molar-refractivity contribution < 1.29 is 4.74 Å². The summed E-state index contributed by atoms with van der Waals surface area (Å²) in [6, 6.07) is 6.61. The highest BCUT2D eigenvalue weighted by atomic mass is 16.5. The Bertz CT molecular complexity index is 358. The van der Waals surface area contributed by atoms with Gasteiger partial charge in [-0.3, -0.25) is 4.90 Å². The average Bonchev–Trinajstić information content (AvgIpc) is 2.69. The Morgan fingerprint density at radius 1 is 1.35 bits per heavy atom. The summed E-state index contributed by atoms with van der Waals surface area (Å²) < 4.78 is 5.88. The molecule has 94 valence electrons. The Kier molecular flexibility index (Phi) is 4.02. The van der Waals surface area contributed by atoms with Crippen LogP contribution in [0.1, 0.15) is 17.5 Å². The third-order valence-electron chi connectivity index (χ3n) is 3.37. The van der Waals surface area contributed by atoms with E-state index in [-0.39, 0.29) is 0 Å². The van der Waals surface area contributed by atoms with Crippen molar-refractivity contribution in [1.82, 2.24) is 4.90 Å². The molecule has 1 saturated heterocycles. The van der Waals surface area contributed by atoms with E-state index in [9.17, 15) is 0 Å². The zero-order valence-corrected chi connectivity index (χ0v) is 10.8. The van der Waals surface area contributed by atoms with Crippen LogP contribution in [0.2, 0.25) is 0 Å². The number of aryl methyl sites for hydroxylation is 2. The van der Waals surface area contributed by atoms with Crippen molar-refractivity contribution in [3.63, 3.8) is 0 Å². The van der Waals surface area contributed by atoms with E-state index in [1.165, 1.54) is 11.1 Å². The number of para-hydroxylation sites is 1. The van der Waals surface area contributed by atoms with Gasteiger partial charge in [0.15, 0.2) is 0 Å². The van der Waals surface area contributed by atoms with Gasteiger partial charge in [-0.2, -0.15) is 0 Å². The van der Waals surface area contributed by atoms with Gasteiger partial charge < -0.3 is 10.5 Å². The van der Waals surface area contributed by atoms with Crippen molar-refractivity contribution in [3.05, 3.63) is 29.3 Å². The molecule has 0 aromatic heterocycles. The standard InChI is InChI=1S/C14H22N2O/c1-11-4-3-5-12(2)14(11)17-9-8-16-7-6-13(15)10-16/h3-5,13H,6-10,15H2,1-2H3/t13-/m1/s1. The molecule has 3 heteroatoms. The molecule has 17 heavy (non-hydrogen) atoms. The fraction of sp³-hybridized carbons (Fsp3) is 0.571. The smallest absolute Gasteiger partial charge is 0.125 e. The summed E-state index contributed by atoms with van der Waals surface area (Å²) >= 11 is 0. The maximum Gasteiger partial charge on any atom is 0.125 e. The number of ether oxygens (including phenoxy) is 1. The second-order valence-corrected chi connectivity index (χ2v) is 4.92.